The molecule has 0 saturated carbocycles. The van der Waals surface area contributed by atoms with E-state index in [-0.39, 0.29) is 29.5 Å². The van der Waals surface area contributed by atoms with Crippen LogP contribution in [0.4, 0.5) is 0 Å². The number of halogens is 1. The Morgan fingerprint density at radius 1 is 1.33 bits per heavy atom. The van der Waals surface area contributed by atoms with Crippen molar-refractivity contribution in [1.82, 2.24) is 20.7 Å². The van der Waals surface area contributed by atoms with E-state index in [9.17, 15) is 0 Å². The first-order valence-corrected chi connectivity index (χ1v) is 8.27. The van der Waals surface area contributed by atoms with E-state index in [1.165, 1.54) is 0 Å². The Bertz CT molecular complexity index is 512. The van der Waals surface area contributed by atoms with E-state index in [2.05, 4.69) is 46.5 Å². The molecule has 7 nitrogen and oxygen atoms in total. The van der Waals surface area contributed by atoms with Crippen molar-refractivity contribution in [3.8, 4) is 0 Å². The number of aryl methyl sites for hydroxylation is 1. The van der Waals surface area contributed by atoms with E-state index in [1.54, 1.807) is 7.05 Å². The van der Waals surface area contributed by atoms with Crippen LogP contribution in [0.3, 0.4) is 0 Å². The molecular weight excluding hydrogens is 421 g/mol. The predicted octanol–water partition coefficient (Wildman–Crippen LogP) is 1.63. The van der Waals surface area contributed by atoms with Crippen LogP contribution >= 0.6 is 24.0 Å². The number of guanidine groups is 1. The smallest absolute Gasteiger partial charge is 0.191 e. The van der Waals surface area contributed by atoms with Crippen molar-refractivity contribution in [1.29, 1.82) is 0 Å². The summed E-state index contributed by atoms with van der Waals surface area (Å²) in [5.74, 6) is 1.58. The maximum absolute atomic E-state index is 5.43. The zero-order valence-corrected chi connectivity index (χ0v) is 17.4. The average Bonchev–Trinajstić information content (AvgIpc) is 3.04. The molecule has 1 aliphatic heterocycles. The van der Waals surface area contributed by atoms with E-state index < -0.39 is 0 Å². The molecule has 24 heavy (non-hydrogen) atoms. The molecule has 1 aliphatic rings. The molecule has 0 amide bonds. The Hall–Kier alpha value is -0.870. The molecular formula is C16H30IN5O2. The Labute approximate surface area is 161 Å². The number of nitrogens with one attached hydrogen (secondary N) is 2. The second-order valence-electron chi connectivity index (χ2n) is 6.33. The first kappa shape index (κ1) is 21.2. The van der Waals surface area contributed by atoms with Gasteiger partial charge >= 0.3 is 0 Å². The van der Waals surface area contributed by atoms with Crippen molar-refractivity contribution >= 4 is 29.9 Å². The van der Waals surface area contributed by atoms with Gasteiger partial charge in [0.15, 0.2) is 11.7 Å². The van der Waals surface area contributed by atoms with E-state index in [1.807, 2.05) is 6.07 Å². The molecule has 0 unspecified atom stereocenters. The third-order valence-corrected chi connectivity index (χ3v) is 4.18. The van der Waals surface area contributed by atoms with Gasteiger partial charge in [-0.1, -0.05) is 12.1 Å². The van der Waals surface area contributed by atoms with Crippen molar-refractivity contribution in [2.75, 3.05) is 39.9 Å². The maximum atomic E-state index is 5.43. The summed E-state index contributed by atoms with van der Waals surface area (Å²) < 4.78 is 10.7. The molecule has 1 aromatic heterocycles. The summed E-state index contributed by atoms with van der Waals surface area (Å²) in [5.41, 5.74) is 1.02. The predicted molar refractivity (Wildman–Crippen MR) is 106 cm³/mol. The summed E-state index contributed by atoms with van der Waals surface area (Å²) in [6.45, 7) is 11.5. The summed E-state index contributed by atoms with van der Waals surface area (Å²) in [4.78, 5) is 6.71. The van der Waals surface area contributed by atoms with Crippen LogP contribution in [0.15, 0.2) is 15.6 Å². The molecule has 0 spiro atoms. The van der Waals surface area contributed by atoms with Crippen molar-refractivity contribution in [3.63, 3.8) is 0 Å². The minimum absolute atomic E-state index is 0. The minimum Gasteiger partial charge on any atom is -0.379 e. The van der Waals surface area contributed by atoms with Gasteiger partial charge in [-0.05, 0) is 20.3 Å². The van der Waals surface area contributed by atoms with Gasteiger partial charge in [-0.25, -0.2) is 0 Å². The van der Waals surface area contributed by atoms with E-state index in [0.29, 0.717) is 6.54 Å². The van der Waals surface area contributed by atoms with Crippen LogP contribution < -0.4 is 10.6 Å². The summed E-state index contributed by atoms with van der Waals surface area (Å²) in [6, 6.07) is 1.97. The first-order chi connectivity index (χ1) is 11.0. The lowest BCUT2D eigenvalue weighted by molar-refractivity contribution is -0.00834. The molecule has 1 fully saturated rings. The summed E-state index contributed by atoms with van der Waals surface area (Å²) in [5, 5.41) is 10.6. The standard InChI is InChI=1S/C16H29N5O2.HI/c1-5-13-10-14(23-20-13)11-18-15(17-4)19-12-16(2,3)21-6-8-22-9-7-21;/h10H,5-9,11-12H2,1-4H3,(H2,17,18,19);1H. The largest absolute Gasteiger partial charge is 0.379 e. The monoisotopic (exact) mass is 451 g/mol. The number of rotatable bonds is 6. The molecule has 0 atom stereocenters. The molecule has 0 bridgehead atoms. The molecule has 0 aromatic carbocycles. The molecule has 2 rings (SSSR count). The molecule has 138 valence electrons. The lowest BCUT2D eigenvalue weighted by atomic mass is 10.0. The van der Waals surface area contributed by atoms with Gasteiger partial charge in [-0.3, -0.25) is 9.89 Å². The van der Waals surface area contributed by atoms with Crippen molar-refractivity contribution in [2.45, 2.75) is 39.3 Å². The van der Waals surface area contributed by atoms with Gasteiger partial charge < -0.3 is 19.9 Å². The highest BCUT2D eigenvalue weighted by Gasteiger charge is 2.28. The molecule has 1 aromatic rings. The van der Waals surface area contributed by atoms with Crippen molar-refractivity contribution < 1.29 is 9.26 Å². The average molecular weight is 451 g/mol. The third kappa shape index (κ3) is 6.21. The molecule has 8 heteroatoms. The SMILES string of the molecule is CCc1cc(CNC(=NC)NCC(C)(C)N2CCOCC2)on1.I. The second-order valence-corrected chi connectivity index (χ2v) is 6.33. The first-order valence-electron chi connectivity index (χ1n) is 8.27. The summed E-state index contributed by atoms with van der Waals surface area (Å²) in [7, 11) is 1.77. The van der Waals surface area contributed by atoms with Crippen LogP contribution in [-0.4, -0.2) is 61.5 Å². The number of nitrogens with zero attached hydrogens (tertiary/aromatic N) is 3. The van der Waals surface area contributed by atoms with Gasteiger partial charge in [0.1, 0.15) is 0 Å². The molecule has 0 aliphatic carbocycles. The van der Waals surface area contributed by atoms with Crippen molar-refractivity contribution in [3.05, 3.63) is 17.5 Å². The zero-order valence-electron chi connectivity index (χ0n) is 15.1. The molecule has 2 heterocycles. The number of hydrogen-bond acceptors (Lipinski definition) is 5. The fraction of sp³-hybridized carbons (Fsp3) is 0.750. The molecule has 0 radical (unpaired) electrons. The lowest BCUT2D eigenvalue weighted by Gasteiger charge is -2.41. The third-order valence-electron chi connectivity index (χ3n) is 4.18. The van der Waals surface area contributed by atoms with Crippen molar-refractivity contribution in [2.24, 2.45) is 4.99 Å². The lowest BCUT2D eigenvalue weighted by Crippen LogP contribution is -2.56. The van der Waals surface area contributed by atoms with E-state index in [0.717, 1.165) is 56.7 Å². The fourth-order valence-corrected chi connectivity index (χ4v) is 2.58. The van der Waals surface area contributed by atoms with Crippen LogP contribution in [0.5, 0.6) is 0 Å². The highest BCUT2D eigenvalue weighted by molar-refractivity contribution is 14.0. The number of morpholine rings is 1. The summed E-state index contributed by atoms with van der Waals surface area (Å²) >= 11 is 0. The Morgan fingerprint density at radius 3 is 2.62 bits per heavy atom. The van der Waals surface area contributed by atoms with Gasteiger partial charge in [-0.15, -0.1) is 24.0 Å². The van der Waals surface area contributed by atoms with Crippen LogP contribution in [0, 0.1) is 0 Å². The fourth-order valence-electron chi connectivity index (χ4n) is 2.58. The van der Waals surface area contributed by atoms with Gasteiger partial charge in [0.25, 0.3) is 0 Å². The van der Waals surface area contributed by atoms with Crippen LogP contribution in [-0.2, 0) is 17.7 Å². The maximum Gasteiger partial charge on any atom is 0.191 e. The van der Waals surface area contributed by atoms with Crippen LogP contribution in [0.25, 0.3) is 0 Å². The Morgan fingerprint density at radius 2 is 2.04 bits per heavy atom. The molecule has 2 N–H and O–H groups in total. The Kier molecular flexibility index (Phi) is 8.99. The van der Waals surface area contributed by atoms with E-state index in [4.69, 9.17) is 9.26 Å². The van der Waals surface area contributed by atoms with Gasteiger partial charge in [0.2, 0.25) is 0 Å². The number of aromatic nitrogens is 1. The van der Waals surface area contributed by atoms with Crippen LogP contribution in [0.2, 0.25) is 0 Å². The normalized spacial score (nSPS) is 16.6. The topological polar surface area (TPSA) is 74.9 Å². The highest BCUT2D eigenvalue weighted by Crippen LogP contribution is 2.15. The quantitative estimate of drug-likeness (QED) is 0.389. The Balaban J connectivity index is 0.00000288. The highest BCUT2D eigenvalue weighted by atomic mass is 127. The molecule has 1 saturated heterocycles. The van der Waals surface area contributed by atoms with Gasteiger partial charge in [0.05, 0.1) is 25.5 Å². The zero-order chi connectivity index (χ0) is 16.7. The van der Waals surface area contributed by atoms with Gasteiger partial charge in [-0.2, -0.15) is 0 Å². The van der Waals surface area contributed by atoms with Crippen LogP contribution in [0.1, 0.15) is 32.2 Å². The number of ether oxygens (including phenoxy) is 1. The second kappa shape index (κ2) is 10.2. The summed E-state index contributed by atoms with van der Waals surface area (Å²) in [6.07, 6.45) is 0.879. The van der Waals surface area contributed by atoms with Gasteiger partial charge in [0, 0.05) is 38.3 Å². The minimum atomic E-state index is 0. The number of aliphatic imine (C=N–C) groups is 1. The number of hydrogen-bond donors (Lipinski definition) is 2. The van der Waals surface area contributed by atoms with E-state index >= 15 is 0 Å².